The molecule has 112 valence electrons. The van der Waals surface area contributed by atoms with Gasteiger partial charge in [0.15, 0.2) is 0 Å². The number of amides is 1. The molecule has 0 saturated heterocycles. The number of carbonyl (C=O) groups is 1. The maximum Gasteiger partial charge on any atom is 0.270 e. The van der Waals surface area contributed by atoms with Crippen molar-refractivity contribution in [1.82, 2.24) is 10.3 Å². The highest BCUT2D eigenvalue weighted by atomic mass is 32.1. The molecule has 0 spiro atoms. The number of para-hydroxylation sites is 1. The minimum absolute atomic E-state index is 0.122. The topological polar surface area (TPSA) is 51.2 Å². The quantitative estimate of drug-likeness (QED) is 0.887. The second kappa shape index (κ2) is 7.22. The van der Waals surface area contributed by atoms with E-state index in [4.69, 9.17) is 4.74 Å². The molecular weight excluding hydrogens is 284 g/mol. The lowest BCUT2D eigenvalue weighted by atomic mass is 10.2. The van der Waals surface area contributed by atoms with Crippen molar-refractivity contribution in [1.29, 1.82) is 0 Å². The fourth-order valence-corrected chi connectivity index (χ4v) is 2.42. The number of nitrogens with one attached hydrogen (secondary N) is 1. The number of aromatic nitrogens is 1. The van der Waals surface area contributed by atoms with E-state index in [2.05, 4.69) is 10.3 Å². The largest absolute Gasteiger partial charge is 0.486 e. The molecular formula is C16H20N2O2S. The van der Waals surface area contributed by atoms with Gasteiger partial charge in [0.25, 0.3) is 5.91 Å². The minimum Gasteiger partial charge on any atom is -0.486 e. The lowest BCUT2D eigenvalue weighted by Gasteiger charge is -2.09. The summed E-state index contributed by atoms with van der Waals surface area (Å²) in [5, 5.41) is 5.48. The molecule has 1 N–H and O–H groups in total. The van der Waals surface area contributed by atoms with Gasteiger partial charge in [-0.15, -0.1) is 11.3 Å². The van der Waals surface area contributed by atoms with Crippen molar-refractivity contribution in [3.63, 3.8) is 0 Å². The predicted molar refractivity (Wildman–Crippen MR) is 84.8 cm³/mol. The second-order valence-corrected chi connectivity index (χ2v) is 5.91. The summed E-state index contributed by atoms with van der Waals surface area (Å²) in [4.78, 5) is 16.3. The molecule has 1 amide bonds. The number of nitrogens with zero attached hydrogens (tertiary/aromatic N) is 1. The molecule has 5 heteroatoms. The van der Waals surface area contributed by atoms with E-state index >= 15 is 0 Å². The van der Waals surface area contributed by atoms with Crippen LogP contribution < -0.4 is 10.1 Å². The summed E-state index contributed by atoms with van der Waals surface area (Å²) in [5.74, 6) is 0.723. The van der Waals surface area contributed by atoms with Gasteiger partial charge >= 0.3 is 0 Å². The van der Waals surface area contributed by atoms with Crippen LogP contribution >= 0.6 is 11.3 Å². The smallest absolute Gasteiger partial charge is 0.270 e. The first-order valence-corrected chi connectivity index (χ1v) is 7.91. The van der Waals surface area contributed by atoms with Crippen LogP contribution in [-0.4, -0.2) is 16.9 Å². The highest BCUT2D eigenvalue weighted by Crippen LogP contribution is 2.19. The van der Waals surface area contributed by atoms with Gasteiger partial charge in [-0.3, -0.25) is 4.79 Å². The van der Waals surface area contributed by atoms with Crippen LogP contribution in [0.15, 0.2) is 29.6 Å². The Bertz CT molecular complexity index is 610. The number of benzene rings is 1. The predicted octanol–water partition coefficient (Wildman–Crippen LogP) is 3.56. The summed E-state index contributed by atoms with van der Waals surface area (Å²) in [5.41, 5.74) is 1.55. The zero-order valence-corrected chi connectivity index (χ0v) is 13.4. The Morgan fingerprint density at radius 2 is 2.19 bits per heavy atom. The fraction of sp³-hybridized carbons (Fsp3) is 0.375. The van der Waals surface area contributed by atoms with Crippen LogP contribution in [0.25, 0.3) is 0 Å². The highest BCUT2D eigenvalue weighted by molar-refractivity contribution is 7.09. The molecule has 4 nitrogen and oxygen atoms in total. The van der Waals surface area contributed by atoms with Crippen LogP contribution in [0, 0.1) is 6.92 Å². The zero-order valence-electron chi connectivity index (χ0n) is 12.6. The highest BCUT2D eigenvalue weighted by Gasteiger charge is 2.13. The van der Waals surface area contributed by atoms with E-state index in [9.17, 15) is 4.79 Å². The van der Waals surface area contributed by atoms with E-state index in [1.54, 1.807) is 5.38 Å². The molecule has 0 aliphatic rings. The van der Waals surface area contributed by atoms with Crippen LogP contribution in [0.1, 0.15) is 41.3 Å². The number of thiazole rings is 1. The average molecular weight is 304 g/mol. The number of rotatable bonds is 6. The van der Waals surface area contributed by atoms with Crippen LogP contribution in [0.3, 0.4) is 0 Å². The van der Waals surface area contributed by atoms with Gasteiger partial charge in [0, 0.05) is 11.4 Å². The van der Waals surface area contributed by atoms with Gasteiger partial charge in [-0.05, 0) is 31.9 Å². The lowest BCUT2D eigenvalue weighted by Crippen LogP contribution is -2.32. The van der Waals surface area contributed by atoms with Crippen molar-refractivity contribution < 1.29 is 9.53 Å². The molecule has 1 aromatic heterocycles. The zero-order chi connectivity index (χ0) is 15.2. The van der Waals surface area contributed by atoms with Crippen molar-refractivity contribution in [3.05, 3.63) is 45.9 Å². The van der Waals surface area contributed by atoms with Gasteiger partial charge in [0.1, 0.15) is 23.1 Å². The van der Waals surface area contributed by atoms with Gasteiger partial charge in [0.2, 0.25) is 0 Å². The first-order chi connectivity index (χ1) is 10.1. The third-order valence-electron chi connectivity index (χ3n) is 3.22. The maximum absolute atomic E-state index is 11.9. The Balaban J connectivity index is 1.94. The average Bonchev–Trinajstić information content (AvgIpc) is 2.95. The minimum atomic E-state index is -0.122. The molecule has 1 unspecified atom stereocenters. The summed E-state index contributed by atoms with van der Waals surface area (Å²) in [6, 6.07) is 8.01. The standard InChI is InChI=1S/C16H20N2O2S/c1-4-12(3)17-16(19)13-10-21-15(18-13)9-20-14-8-6-5-7-11(14)2/h5-8,10,12H,4,9H2,1-3H3,(H,17,19). The van der Waals surface area contributed by atoms with Gasteiger partial charge < -0.3 is 10.1 Å². The summed E-state index contributed by atoms with van der Waals surface area (Å²) in [6.07, 6.45) is 0.902. The fourth-order valence-electron chi connectivity index (χ4n) is 1.74. The van der Waals surface area contributed by atoms with Gasteiger partial charge in [-0.2, -0.15) is 0 Å². The van der Waals surface area contributed by atoms with E-state index in [1.807, 2.05) is 45.0 Å². The molecule has 0 fully saturated rings. The summed E-state index contributed by atoms with van der Waals surface area (Å²) in [6.45, 7) is 6.40. The van der Waals surface area contributed by atoms with Gasteiger partial charge in [-0.25, -0.2) is 4.98 Å². The summed E-state index contributed by atoms with van der Waals surface area (Å²) >= 11 is 1.44. The van der Waals surface area contributed by atoms with Crippen LogP contribution in [0.4, 0.5) is 0 Å². The Morgan fingerprint density at radius 3 is 2.90 bits per heavy atom. The van der Waals surface area contributed by atoms with Crippen LogP contribution in [0.5, 0.6) is 5.75 Å². The molecule has 0 aliphatic carbocycles. The van der Waals surface area contributed by atoms with Crippen LogP contribution in [-0.2, 0) is 6.61 Å². The molecule has 1 heterocycles. The van der Waals surface area contributed by atoms with E-state index < -0.39 is 0 Å². The van der Waals surface area contributed by atoms with Gasteiger partial charge in [0.05, 0.1) is 0 Å². The molecule has 1 atom stereocenters. The second-order valence-electron chi connectivity index (χ2n) is 4.96. The maximum atomic E-state index is 11.9. The van der Waals surface area contributed by atoms with Crippen LogP contribution in [0.2, 0.25) is 0 Å². The number of aryl methyl sites for hydroxylation is 1. The Kier molecular flexibility index (Phi) is 5.33. The van der Waals surface area contributed by atoms with Crippen molar-refractivity contribution in [2.45, 2.75) is 39.8 Å². The van der Waals surface area contributed by atoms with Gasteiger partial charge in [-0.1, -0.05) is 25.1 Å². The van der Waals surface area contributed by atoms with Crippen molar-refractivity contribution >= 4 is 17.2 Å². The van der Waals surface area contributed by atoms with Crippen molar-refractivity contribution in [3.8, 4) is 5.75 Å². The Labute approximate surface area is 129 Å². The number of ether oxygens (including phenoxy) is 1. The van der Waals surface area contributed by atoms with E-state index in [0.29, 0.717) is 12.3 Å². The first kappa shape index (κ1) is 15.5. The molecule has 0 bridgehead atoms. The number of hydrogen-bond acceptors (Lipinski definition) is 4. The number of carbonyl (C=O) groups excluding carboxylic acids is 1. The number of hydrogen-bond donors (Lipinski definition) is 1. The summed E-state index contributed by atoms with van der Waals surface area (Å²) in [7, 11) is 0. The first-order valence-electron chi connectivity index (χ1n) is 7.03. The third-order valence-corrected chi connectivity index (χ3v) is 4.04. The lowest BCUT2D eigenvalue weighted by molar-refractivity contribution is 0.0934. The molecule has 0 aliphatic heterocycles. The van der Waals surface area contributed by atoms with Crippen molar-refractivity contribution in [2.75, 3.05) is 0 Å². The monoisotopic (exact) mass is 304 g/mol. The molecule has 0 radical (unpaired) electrons. The Hall–Kier alpha value is -1.88. The third kappa shape index (κ3) is 4.29. The van der Waals surface area contributed by atoms with Crippen molar-refractivity contribution in [2.24, 2.45) is 0 Å². The molecule has 0 saturated carbocycles. The SMILES string of the molecule is CCC(C)NC(=O)c1csc(COc2ccccc2C)n1. The molecule has 2 aromatic rings. The molecule has 2 rings (SSSR count). The summed E-state index contributed by atoms with van der Waals surface area (Å²) < 4.78 is 5.73. The molecule has 1 aromatic carbocycles. The van der Waals surface area contributed by atoms with E-state index in [1.165, 1.54) is 11.3 Å². The Morgan fingerprint density at radius 1 is 1.43 bits per heavy atom. The van der Waals surface area contributed by atoms with E-state index in [-0.39, 0.29) is 11.9 Å². The van der Waals surface area contributed by atoms with E-state index in [0.717, 1.165) is 22.7 Å². The molecule has 21 heavy (non-hydrogen) atoms. The normalized spacial score (nSPS) is 12.0.